The average molecular weight is 294 g/mol. The molecular formula is C17H18N4O. The molecule has 1 aromatic carbocycles. The Labute approximate surface area is 128 Å². The zero-order valence-corrected chi connectivity index (χ0v) is 12.3. The van der Waals surface area contributed by atoms with Gasteiger partial charge in [-0.1, -0.05) is 6.07 Å². The lowest BCUT2D eigenvalue weighted by Gasteiger charge is -2.26. The summed E-state index contributed by atoms with van der Waals surface area (Å²) in [5.74, 6) is 0.137. The number of hydrogen-bond donors (Lipinski definition) is 2. The maximum absolute atomic E-state index is 12.6. The van der Waals surface area contributed by atoms with Crippen molar-refractivity contribution >= 4 is 16.8 Å². The van der Waals surface area contributed by atoms with Gasteiger partial charge in [0.1, 0.15) is 5.69 Å². The topological polar surface area (TPSA) is 64.8 Å². The summed E-state index contributed by atoms with van der Waals surface area (Å²) in [5.41, 5.74) is 3.56. The molecule has 0 spiro atoms. The van der Waals surface area contributed by atoms with Crippen LogP contribution in [0.25, 0.3) is 22.3 Å². The van der Waals surface area contributed by atoms with Crippen molar-refractivity contribution in [3.05, 3.63) is 42.1 Å². The second-order valence-corrected chi connectivity index (χ2v) is 5.80. The van der Waals surface area contributed by atoms with Gasteiger partial charge in [-0.3, -0.25) is 9.89 Å². The molecule has 3 heterocycles. The van der Waals surface area contributed by atoms with E-state index in [-0.39, 0.29) is 5.91 Å². The molecule has 4 rings (SSSR count). The van der Waals surface area contributed by atoms with Gasteiger partial charge in [0.25, 0.3) is 5.91 Å². The monoisotopic (exact) mass is 294 g/mol. The first-order valence-electron chi connectivity index (χ1n) is 7.73. The third-order valence-electron chi connectivity index (χ3n) is 4.29. The van der Waals surface area contributed by atoms with E-state index < -0.39 is 0 Å². The van der Waals surface area contributed by atoms with Crippen LogP contribution in [0.1, 0.15) is 29.6 Å². The maximum atomic E-state index is 12.6. The van der Waals surface area contributed by atoms with Gasteiger partial charge in [0.2, 0.25) is 0 Å². The van der Waals surface area contributed by atoms with Crippen LogP contribution < -0.4 is 0 Å². The summed E-state index contributed by atoms with van der Waals surface area (Å²) in [6.45, 7) is 1.75. The molecule has 112 valence electrons. The fraction of sp³-hybridized carbons (Fsp3) is 0.294. The molecule has 1 aliphatic heterocycles. The van der Waals surface area contributed by atoms with E-state index in [4.69, 9.17) is 0 Å². The number of benzene rings is 1. The molecule has 0 radical (unpaired) electrons. The summed E-state index contributed by atoms with van der Waals surface area (Å²) in [6.07, 6.45) is 5.25. The molecule has 0 aliphatic carbocycles. The Hall–Kier alpha value is -2.56. The quantitative estimate of drug-likeness (QED) is 0.762. The lowest BCUT2D eigenvalue weighted by molar-refractivity contribution is 0.0724. The van der Waals surface area contributed by atoms with Crippen LogP contribution in [0.3, 0.4) is 0 Å². The SMILES string of the molecule is O=C(c1ccc2cc(-c3cc[nH]n3)[nH]c2c1)N1CCCCC1. The van der Waals surface area contributed by atoms with E-state index in [0.29, 0.717) is 0 Å². The molecule has 2 N–H and O–H groups in total. The van der Waals surface area contributed by atoms with Crippen molar-refractivity contribution in [2.24, 2.45) is 0 Å². The summed E-state index contributed by atoms with van der Waals surface area (Å²) in [4.78, 5) is 17.9. The number of amides is 1. The molecule has 3 aromatic rings. The van der Waals surface area contributed by atoms with E-state index in [1.807, 2.05) is 29.2 Å². The molecule has 1 amide bonds. The Bertz CT molecular complexity index is 797. The Morgan fingerprint density at radius 1 is 1.09 bits per heavy atom. The lowest BCUT2D eigenvalue weighted by Crippen LogP contribution is -2.35. The fourth-order valence-corrected chi connectivity index (χ4v) is 3.09. The van der Waals surface area contributed by atoms with Gasteiger partial charge in [-0.25, -0.2) is 0 Å². The highest BCUT2D eigenvalue weighted by Gasteiger charge is 2.18. The van der Waals surface area contributed by atoms with E-state index >= 15 is 0 Å². The lowest BCUT2D eigenvalue weighted by atomic mass is 10.1. The number of likely N-dealkylation sites (tertiary alicyclic amines) is 1. The van der Waals surface area contributed by atoms with E-state index in [1.165, 1.54) is 6.42 Å². The standard InChI is InChI=1S/C17H18N4O/c22-17(21-8-2-1-3-9-21)13-5-4-12-10-16(19-15(12)11-13)14-6-7-18-20-14/h4-7,10-11,19H,1-3,8-9H2,(H,18,20). The third kappa shape index (κ3) is 2.28. The van der Waals surface area contributed by atoms with Crippen molar-refractivity contribution in [2.75, 3.05) is 13.1 Å². The van der Waals surface area contributed by atoms with Gasteiger partial charge in [-0.15, -0.1) is 0 Å². The third-order valence-corrected chi connectivity index (χ3v) is 4.29. The van der Waals surface area contributed by atoms with Crippen LogP contribution in [0.4, 0.5) is 0 Å². The zero-order chi connectivity index (χ0) is 14.9. The Morgan fingerprint density at radius 2 is 1.95 bits per heavy atom. The Balaban J connectivity index is 1.66. The molecule has 0 saturated carbocycles. The molecule has 5 nitrogen and oxygen atoms in total. The highest BCUT2D eigenvalue weighted by atomic mass is 16.2. The van der Waals surface area contributed by atoms with E-state index in [9.17, 15) is 4.79 Å². The molecule has 1 aliphatic rings. The van der Waals surface area contributed by atoms with Crippen LogP contribution >= 0.6 is 0 Å². The van der Waals surface area contributed by atoms with Crippen LogP contribution in [0.5, 0.6) is 0 Å². The van der Waals surface area contributed by atoms with Gasteiger partial charge >= 0.3 is 0 Å². The average Bonchev–Trinajstić information content (AvgIpc) is 3.23. The van der Waals surface area contributed by atoms with Crippen molar-refractivity contribution in [3.8, 4) is 11.4 Å². The summed E-state index contributed by atoms with van der Waals surface area (Å²) in [7, 11) is 0. The highest BCUT2D eigenvalue weighted by Crippen LogP contribution is 2.24. The molecule has 5 heteroatoms. The van der Waals surface area contributed by atoms with Gasteiger partial charge < -0.3 is 9.88 Å². The van der Waals surface area contributed by atoms with Crippen molar-refractivity contribution in [1.82, 2.24) is 20.1 Å². The number of fused-ring (bicyclic) bond motifs is 1. The number of rotatable bonds is 2. The molecule has 22 heavy (non-hydrogen) atoms. The van der Waals surface area contributed by atoms with Gasteiger partial charge in [0.05, 0.1) is 5.69 Å². The second kappa shape index (κ2) is 5.33. The first-order chi connectivity index (χ1) is 10.8. The first-order valence-corrected chi connectivity index (χ1v) is 7.73. The summed E-state index contributed by atoms with van der Waals surface area (Å²) < 4.78 is 0. The summed E-state index contributed by atoms with van der Waals surface area (Å²) in [6, 6.07) is 9.84. The van der Waals surface area contributed by atoms with Gasteiger partial charge in [-0.2, -0.15) is 5.10 Å². The van der Waals surface area contributed by atoms with E-state index in [2.05, 4.69) is 21.2 Å². The first kappa shape index (κ1) is 13.1. The molecular weight excluding hydrogens is 276 g/mol. The number of carbonyl (C=O) groups is 1. The minimum atomic E-state index is 0.137. The normalized spacial score (nSPS) is 15.4. The number of nitrogens with zero attached hydrogens (tertiary/aromatic N) is 2. The van der Waals surface area contributed by atoms with Crippen molar-refractivity contribution in [1.29, 1.82) is 0 Å². The Morgan fingerprint density at radius 3 is 2.73 bits per heavy atom. The number of aromatic amines is 2. The van der Waals surface area contributed by atoms with Crippen LogP contribution in [-0.2, 0) is 0 Å². The van der Waals surface area contributed by atoms with E-state index in [0.717, 1.165) is 53.8 Å². The second-order valence-electron chi connectivity index (χ2n) is 5.80. The number of nitrogens with one attached hydrogen (secondary N) is 2. The summed E-state index contributed by atoms with van der Waals surface area (Å²) in [5, 5.41) is 8.09. The van der Waals surface area contributed by atoms with Crippen LogP contribution in [0.2, 0.25) is 0 Å². The number of hydrogen-bond acceptors (Lipinski definition) is 2. The molecule has 2 aromatic heterocycles. The van der Waals surface area contributed by atoms with Gasteiger partial charge in [-0.05, 0) is 43.5 Å². The fourth-order valence-electron chi connectivity index (χ4n) is 3.09. The minimum absolute atomic E-state index is 0.137. The van der Waals surface area contributed by atoms with Crippen LogP contribution in [0.15, 0.2) is 36.5 Å². The predicted molar refractivity (Wildman–Crippen MR) is 85.6 cm³/mol. The van der Waals surface area contributed by atoms with Crippen molar-refractivity contribution in [3.63, 3.8) is 0 Å². The molecule has 0 unspecified atom stereocenters. The molecule has 0 bridgehead atoms. The van der Waals surface area contributed by atoms with Gasteiger partial charge in [0.15, 0.2) is 0 Å². The van der Waals surface area contributed by atoms with Crippen LogP contribution in [0, 0.1) is 0 Å². The predicted octanol–water partition coefficient (Wildman–Crippen LogP) is 3.18. The smallest absolute Gasteiger partial charge is 0.253 e. The molecule has 1 saturated heterocycles. The molecule has 0 atom stereocenters. The number of aromatic nitrogens is 3. The number of piperidine rings is 1. The summed E-state index contributed by atoms with van der Waals surface area (Å²) >= 11 is 0. The van der Waals surface area contributed by atoms with Crippen LogP contribution in [-0.4, -0.2) is 39.1 Å². The molecule has 1 fully saturated rings. The Kier molecular flexibility index (Phi) is 3.18. The number of H-pyrrole nitrogens is 2. The van der Waals surface area contributed by atoms with Crippen molar-refractivity contribution in [2.45, 2.75) is 19.3 Å². The van der Waals surface area contributed by atoms with Crippen molar-refractivity contribution < 1.29 is 4.79 Å². The zero-order valence-electron chi connectivity index (χ0n) is 12.3. The largest absolute Gasteiger partial charge is 0.353 e. The van der Waals surface area contributed by atoms with Gasteiger partial charge in [0, 0.05) is 35.8 Å². The van der Waals surface area contributed by atoms with E-state index in [1.54, 1.807) is 6.20 Å². The minimum Gasteiger partial charge on any atom is -0.353 e. The maximum Gasteiger partial charge on any atom is 0.253 e. The highest BCUT2D eigenvalue weighted by molar-refractivity contribution is 5.98. The number of carbonyl (C=O) groups excluding carboxylic acids is 1.